The maximum absolute atomic E-state index is 12.4. The van der Waals surface area contributed by atoms with Crippen molar-refractivity contribution in [1.82, 2.24) is 0 Å². The molecule has 0 aliphatic rings. The fraction of sp³-hybridized carbons (Fsp3) is 0.188. The number of hydrogen-bond donors (Lipinski definition) is 1. The molecule has 0 bridgehead atoms. The molecular formula is C16H14N2O4S. The van der Waals surface area contributed by atoms with Crippen molar-refractivity contribution in [3.05, 3.63) is 45.8 Å². The second-order valence-corrected chi connectivity index (χ2v) is 5.54. The number of carbonyl (C=O) groups is 2. The molecule has 0 radical (unpaired) electrons. The van der Waals surface area contributed by atoms with Gasteiger partial charge in [0.05, 0.1) is 25.3 Å². The van der Waals surface area contributed by atoms with Crippen LogP contribution in [0.2, 0.25) is 0 Å². The average Bonchev–Trinajstić information content (AvgIpc) is 2.89. The number of nitrogens with one attached hydrogen (secondary N) is 1. The predicted molar refractivity (Wildman–Crippen MR) is 86.1 cm³/mol. The Balaban J connectivity index is 2.39. The zero-order chi connectivity index (χ0) is 17.0. The normalized spacial score (nSPS) is 9.83. The van der Waals surface area contributed by atoms with Gasteiger partial charge in [-0.1, -0.05) is 12.1 Å². The van der Waals surface area contributed by atoms with E-state index < -0.39 is 11.9 Å². The summed E-state index contributed by atoms with van der Waals surface area (Å²) in [7, 11) is 2.73. The summed E-state index contributed by atoms with van der Waals surface area (Å²) in [5.41, 5.74) is 1.07. The second kappa shape index (κ2) is 6.94. The van der Waals surface area contributed by atoms with E-state index >= 15 is 0 Å². The highest BCUT2D eigenvalue weighted by Crippen LogP contribution is 2.33. The summed E-state index contributed by atoms with van der Waals surface area (Å²) in [4.78, 5) is 24.4. The number of ether oxygens (including phenoxy) is 2. The van der Waals surface area contributed by atoms with Crippen LogP contribution >= 0.6 is 11.3 Å². The molecule has 0 aliphatic heterocycles. The van der Waals surface area contributed by atoms with Gasteiger partial charge in [-0.2, -0.15) is 5.26 Å². The van der Waals surface area contributed by atoms with Crippen molar-refractivity contribution in [1.29, 1.82) is 5.26 Å². The highest BCUT2D eigenvalue weighted by molar-refractivity contribution is 7.18. The second-order valence-electron chi connectivity index (χ2n) is 4.52. The largest absolute Gasteiger partial charge is 0.496 e. The van der Waals surface area contributed by atoms with E-state index in [1.54, 1.807) is 31.2 Å². The molecule has 118 valence electrons. The molecule has 7 heteroatoms. The number of carbonyl (C=O) groups excluding carboxylic acids is 2. The quantitative estimate of drug-likeness (QED) is 0.871. The molecule has 0 spiro atoms. The average molecular weight is 330 g/mol. The van der Waals surface area contributed by atoms with Gasteiger partial charge in [-0.25, -0.2) is 4.79 Å². The van der Waals surface area contributed by atoms with Gasteiger partial charge in [-0.05, 0) is 24.6 Å². The lowest BCUT2D eigenvalue weighted by Crippen LogP contribution is -2.13. The van der Waals surface area contributed by atoms with E-state index in [9.17, 15) is 14.9 Å². The number of hydrogen-bond acceptors (Lipinski definition) is 6. The van der Waals surface area contributed by atoms with Gasteiger partial charge in [0, 0.05) is 0 Å². The SMILES string of the molecule is COC(=O)c1sc(NC(=O)c2ccccc2OC)c(C#N)c1C. The molecule has 6 nitrogen and oxygen atoms in total. The summed E-state index contributed by atoms with van der Waals surface area (Å²) >= 11 is 1.01. The van der Waals surface area contributed by atoms with Gasteiger partial charge < -0.3 is 14.8 Å². The Bertz CT molecular complexity index is 805. The first kappa shape index (κ1) is 16.5. The molecule has 1 heterocycles. The Labute approximate surface area is 137 Å². The van der Waals surface area contributed by atoms with Gasteiger partial charge in [0.1, 0.15) is 21.7 Å². The maximum Gasteiger partial charge on any atom is 0.348 e. The monoisotopic (exact) mass is 330 g/mol. The first-order valence-electron chi connectivity index (χ1n) is 6.59. The molecule has 0 aliphatic carbocycles. The Morgan fingerprint density at radius 3 is 2.57 bits per heavy atom. The first-order valence-corrected chi connectivity index (χ1v) is 7.41. The summed E-state index contributed by atoms with van der Waals surface area (Å²) in [6, 6.07) is 8.75. The van der Waals surface area contributed by atoms with Gasteiger partial charge in [-0.15, -0.1) is 11.3 Å². The zero-order valence-corrected chi connectivity index (χ0v) is 13.6. The smallest absolute Gasteiger partial charge is 0.348 e. The number of esters is 1. The number of amides is 1. The van der Waals surface area contributed by atoms with Crippen molar-refractivity contribution < 1.29 is 19.1 Å². The number of thiophene rings is 1. The number of anilines is 1. The lowest BCUT2D eigenvalue weighted by atomic mass is 10.1. The Kier molecular flexibility index (Phi) is 4.98. The third-order valence-corrected chi connectivity index (χ3v) is 4.40. The lowest BCUT2D eigenvalue weighted by Gasteiger charge is -2.08. The first-order chi connectivity index (χ1) is 11.0. The summed E-state index contributed by atoms with van der Waals surface area (Å²) in [6.07, 6.45) is 0. The van der Waals surface area contributed by atoms with Crippen LogP contribution in [0.4, 0.5) is 5.00 Å². The van der Waals surface area contributed by atoms with Crippen LogP contribution < -0.4 is 10.1 Å². The third-order valence-electron chi connectivity index (χ3n) is 3.21. The van der Waals surface area contributed by atoms with E-state index in [4.69, 9.17) is 4.74 Å². The van der Waals surface area contributed by atoms with Gasteiger partial charge in [0.15, 0.2) is 0 Å². The van der Waals surface area contributed by atoms with Crippen molar-refractivity contribution in [2.24, 2.45) is 0 Å². The molecule has 1 amide bonds. The van der Waals surface area contributed by atoms with Gasteiger partial charge >= 0.3 is 5.97 Å². The minimum absolute atomic E-state index is 0.249. The van der Waals surface area contributed by atoms with Crippen molar-refractivity contribution in [2.75, 3.05) is 19.5 Å². The third kappa shape index (κ3) is 3.17. The standard InChI is InChI=1S/C16H14N2O4S/c1-9-11(8-17)15(23-13(9)16(20)22-3)18-14(19)10-6-4-5-7-12(10)21-2/h4-7H,1-3H3,(H,18,19). The Morgan fingerprint density at radius 2 is 1.96 bits per heavy atom. The lowest BCUT2D eigenvalue weighted by molar-refractivity contribution is 0.0605. The molecule has 1 aromatic carbocycles. The fourth-order valence-corrected chi connectivity index (χ4v) is 3.10. The van der Waals surface area contributed by atoms with Crippen LogP contribution in [-0.2, 0) is 4.74 Å². The molecule has 2 rings (SSSR count). The highest BCUT2D eigenvalue weighted by atomic mass is 32.1. The zero-order valence-electron chi connectivity index (χ0n) is 12.8. The van der Waals surface area contributed by atoms with E-state index in [1.807, 2.05) is 6.07 Å². The molecule has 2 aromatic rings. The predicted octanol–water partition coefficient (Wildman–Crippen LogP) is 2.98. The summed E-state index contributed by atoms with van der Waals surface area (Å²) in [5, 5.41) is 12.2. The van der Waals surface area contributed by atoms with E-state index in [0.29, 0.717) is 26.8 Å². The van der Waals surface area contributed by atoms with Crippen LogP contribution in [0.15, 0.2) is 24.3 Å². The number of nitrogens with zero attached hydrogens (tertiary/aromatic N) is 1. The van der Waals surface area contributed by atoms with Crippen molar-refractivity contribution in [3.63, 3.8) is 0 Å². The number of rotatable bonds is 4. The summed E-state index contributed by atoms with van der Waals surface area (Å²) in [6.45, 7) is 1.64. The van der Waals surface area contributed by atoms with Crippen molar-refractivity contribution in [2.45, 2.75) is 6.92 Å². The van der Waals surface area contributed by atoms with Crippen LogP contribution in [0, 0.1) is 18.3 Å². The Morgan fingerprint density at radius 1 is 1.26 bits per heavy atom. The molecule has 1 N–H and O–H groups in total. The minimum atomic E-state index is -0.540. The molecule has 0 fully saturated rings. The molecular weight excluding hydrogens is 316 g/mol. The van der Waals surface area contributed by atoms with Gasteiger partial charge in [0.2, 0.25) is 0 Å². The van der Waals surface area contributed by atoms with Gasteiger partial charge in [-0.3, -0.25) is 4.79 Å². The molecule has 1 aromatic heterocycles. The molecule has 0 saturated carbocycles. The number of nitriles is 1. The van der Waals surface area contributed by atoms with Crippen LogP contribution in [0.3, 0.4) is 0 Å². The summed E-state index contributed by atoms with van der Waals surface area (Å²) < 4.78 is 9.83. The van der Waals surface area contributed by atoms with Gasteiger partial charge in [0.25, 0.3) is 5.91 Å². The molecule has 0 atom stereocenters. The number of benzene rings is 1. The van der Waals surface area contributed by atoms with Crippen LogP contribution in [-0.4, -0.2) is 26.1 Å². The number of para-hydroxylation sites is 1. The van der Waals surface area contributed by atoms with E-state index in [1.165, 1.54) is 14.2 Å². The minimum Gasteiger partial charge on any atom is -0.496 e. The van der Waals surface area contributed by atoms with Crippen LogP contribution in [0.1, 0.15) is 31.2 Å². The number of methoxy groups -OCH3 is 2. The summed E-state index contributed by atoms with van der Waals surface area (Å²) in [5.74, 6) is -0.539. The fourth-order valence-electron chi connectivity index (χ4n) is 2.03. The van der Waals surface area contributed by atoms with E-state index in [2.05, 4.69) is 10.1 Å². The van der Waals surface area contributed by atoms with Crippen LogP contribution in [0.5, 0.6) is 5.75 Å². The van der Waals surface area contributed by atoms with E-state index in [0.717, 1.165) is 11.3 Å². The molecule has 23 heavy (non-hydrogen) atoms. The maximum atomic E-state index is 12.4. The van der Waals surface area contributed by atoms with Crippen LogP contribution in [0.25, 0.3) is 0 Å². The topological polar surface area (TPSA) is 88.4 Å². The van der Waals surface area contributed by atoms with E-state index in [-0.39, 0.29) is 5.56 Å². The van der Waals surface area contributed by atoms with Crippen molar-refractivity contribution >= 4 is 28.2 Å². The van der Waals surface area contributed by atoms with Crippen molar-refractivity contribution in [3.8, 4) is 11.8 Å². The Hall–Kier alpha value is -2.85. The molecule has 0 saturated heterocycles. The highest BCUT2D eigenvalue weighted by Gasteiger charge is 2.22. The molecule has 0 unspecified atom stereocenters.